The predicted molar refractivity (Wildman–Crippen MR) is 72.5 cm³/mol. The average molecular weight is 311 g/mol. The molecule has 0 unspecified atom stereocenters. The number of aromatic nitrogens is 2. The van der Waals surface area contributed by atoms with Crippen molar-refractivity contribution in [1.29, 1.82) is 0 Å². The Bertz CT molecular complexity index is 525. The second-order valence-corrected chi connectivity index (χ2v) is 4.84. The molecule has 5 heteroatoms. The van der Waals surface area contributed by atoms with Crippen LogP contribution in [0.2, 0.25) is 0 Å². The first-order chi connectivity index (χ1) is 8.70. The highest BCUT2D eigenvalue weighted by atomic mass is 79.9. The van der Waals surface area contributed by atoms with Crippen LogP contribution < -0.4 is 4.74 Å². The lowest BCUT2D eigenvalue weighted by atomic mass is 10.2. The Morgan fingerprint density at radius 3 is 2.94 bits per heavy atom. The van der Waals surface area contributed by atoms with Crippen molar-refractivity contribution in [3.8, 4) is 5.75 Å². The Balaban J connectivity index is 1.96. The second kappa shape index (κ2) is 6.02. The van der Waals surface area contributed by atoms with Gasteiger partial charge in [-0.3, -0.25) is 0 Å². The van der Waals surface area contributed by atoms with E-state index in [1.807, 2.05) is 35.9 Å². The molecule has 4 nitrogen and oxygen atoms in total. The molecule has 96 valence electrons. The van der Waals surface area contributed by atoms with E-state index in [1.54, 1.807) is 6.20 Å². The number of imidazole rings is 1. The van der Waals surface area contributed by atoms with Crippen molar-refractivity contribution in [2.24, 2.45) is 0 Å². The summed E-state index contributed by atoms with van der Waals surface area (Å²) >= 11 is 3.37. The normalized spacial score (nSPS) is 10.6. The van der Waals surface area contributed by atoms with E-state index in [1.165, 1.54) is 0 Å². The Labute approximate surface area is 114 Å². The highest BCUT2D eigenvalue weighted by Gasteiger charge is 2.04. The van der Waals surface area contributed by atoms with Crippen LogP contribution in [0.25, 0.3) is 0 Å². The van der Waals surface area contributed by atoms with E-state index < -0.39 is 0 Å². The topological polar surface area (TPSA) is 47.3 Å². The third kappa shape index (κ3) is 3.11. The molecule has 0 atom stereocenters. The summed E-state index contributed by atoms with van der Waals surface area (Å²) < 4.78 is 8.64. The molecule has 2 rings (SSSR count). The van der Waals surface area contributed by atoms with Crippen molar-refractivity contribution >= 4 is 15.9 Å². The number of aliphatic hydroxyl groups excluding tert-OH is 1. The van der Waals surface area contributed by atoms with Gasteiger partial charge in [0, 0.05) is 22.4 Å². The number of ether oxygens (including phenoxy) is 1. The van der Waals surface area contributed by atoms with Gasteiger partial charge in [0.05, 0.1) is 13.2 Å². The lowest BCUT2D eigenvalue weighted by Crippen LogP contribution is -2.09. The lowest BCUT2D eigenvalue weighted by Gasteiger charge is -2.11. The SMILES string of the molecule is Cc1nccn1CCOc1ccc(Br)cc1CO. The van der Waals surface area contributed by atoms with Crippen LogP contribution >= 0.6 is 15.9 Å². The van der Waals surface area contributed by atoms with Crippen molar-refractivity contribution in [2.45, 2.75) is 20.1 Å². The van der Waals surface area contributed by atoms with Gasteiger partial charge in [-0.2, -0.15) is 0 Å². The zero-order chi connectivity index (χ0) is 13.0. The van der Waals surface area contributed by atoms with Crippen LogP contribution in [-0.2, 0) is 13.2 Å². The van der Waals surface area contributed by atoms with Crippen LogP contribution in [0, 0.1) is 6.92 Å². The van der Waals surface area contributed by atoms with E-state index >= 15 is 0 Å². The van der Waals surface area contributed by atoms with Crippen molar-refractivity contribution in [3.05, 3.63) is 46.5 Å². The molecule has 0 fully saturated rings. The third-order valence-corrected chi connectivity index (χ3v) is 3.20. The van der Waals surface area contributed by atoms with Gasteiger partial charge in [-0.05, 0) is 25.1 Å². The number of rotatable bonds is 5. The Morgan fingerprint density at radius 1 is 1.44 bits per heavy atom. The fourth-order valence-corrected chi connectivity index (χ4v) is 2.11. The van der Waals surface area contributed by atoms with Crippen molar-refractivity contribution in [1.82, 2.24) is 9.55 Å². The predicted octanol–water partition coefficient (Wildman–Crippen LogP) is 2.53. The average Bonchev–Trinajstić information content (AvgIpc) is 2.77. The van der Waals surface area contributed by atoms with E-state index in [0.717, 1.165) is 28.2 Å². The summed E-state index contributed by atoms with van der Waals surface area (Å²) in [5.41, 5.74) is 0.784. The minimum atomic E-state index is -0.0289. The molecule has 0 aliphatic carbocycles. The summed E-state index contributed by atoms with van der Waals surface area (Å²) in [5, 5.41) is 9.25. The number of aliphatic hydroxyl groups is 1. The molecule has 0 spiro atoms. The van der Waals surface area contributed by atoms with Crippen molar-refractivity contribution in [2.75, 3.05) is 6.61 Å². The van der Waals surface area contributed by atoms with Gasteiger partial charge in [0.15, 0.2) is 0 Å². The molecule has 0 aliphatic rings. The van der Waals surface area contributed by atoms with Crippen LogP contribution in [-0.4, -0.2) is 21.3 Å². The molecule has 2 aromatic rings. The first-order valence-corrected chi connectivity index (χ1v) is 6.50. The highest BCUT2D eigenvalue weighted by Crippen LogP contribution is 2.23. The number of aryl methyl sites for hydroxylation is 1. The zero-order valence-corrected chi connectivity index (χ0v) is 11.7. The van der Waals surface area contributed by atoms with Gasteiger partial charge in [-0.1, -0.05) is 15.9 Å². The second-order valence-electron chi connectivity index (χ2n) is 3.93. The van der Waals surface area contributed by atoms with Gasteiger partial charge in [0.2, 0.25) is 0 Å². The fraction of sp³-hybridized carbons (Fsp3) is 0.308. The van der Waals surface area contributed by atoms with Gasteiger partial charge >= 0.3 is 0 Å². The molecule has 0 aliphatic heterocycles. The quantitative estimate of drug-likeness (QED) is 0.923. The summed E-state index contributed by atoms with van der Waals surface area (Å²) in [7, 11) is 0. The Morgan fingerprint density at radius 2 is 2.28 bits per heavy atom. The first kappa shape index (κ1) is 13.1. The van der Waals surface area contributed by atoms with Crippen LogP contribution in [0.5, 0.6) is 5.75 Å². The lowest BCUT2D eigenvalue weighted by molar-refractivity contribution is 0.257. The first-order valence-electron chi connectivity index (χ1n) is 5.70. The molecule has 1 aromatic heterocycles. The maximum Gasteiger partial charge on any atom is 0.124 e. The zero-order valence-electron chi connectivity index (χ0n) is 10.1. The molecule has 1 N–H and O–H groups in total. The van der Waals surface area contributed by atoms with E-state index in [0.29, 0.717) is 6.61 Å². The summed E-state index contributed by atoms with van der Waals surface area (Å²) in [6, 6.07) is 5.62. The summed E-state index contributed by atoms with van der Waals surface area (Å²) in [4.78, 5) is 4.15. The molecule has 0 amide bonds. The van der Waals surface area contributed by atoms with E-state index in [2.05, 4.69) is 20.9 Å². The van der Waals surface area contributed by atoms with Crippen LogP contribution in [0.15, 0.2) is 35.1 Å². The van der Waals surface area contributed by atoms with E-state index in [4.69, 9.17) is 4.74 Å². The van der Waals surface area contributed by atoms with Crippen molar-refractivity contribution in [3.63, 3.8) is 0 Å². The van der Waals surface area contributed by atoms with Gasteiger partial charge < -0.3 is 14.4 Å². The number of nitrogens with zero attached hydrogens (tertiary/aromatic N) is 2. The molecule has 1 aromatic carbocycles. The number of hydrogen-bond donors (Lipinski definition) is 1. The molecule has 0 saturated heterocycles. The summed E-state index contributed by atoms with van der Waals surface area (Å²) in [5.74, 6) is 1.69. The molecular weight excluding hydrogens is 296 g/mol. The third-order valence-electron chi connectivity index (χ3n) is 2.71. The number of halogens is 1. The van der Waals surface area contributed by atoms with E-state index in [9.17, 15) is 5.11 Å². The standard InChI is InChI=1S/C13H15BrN2O2/c1-10-15-4-5-16(10)6-7-18-13-3-2-12(14)8-11(13)9-17/h2-5,8,17H,6-7,9H2,1H3. The molecule has 18 heavy (non-hydrogen) atoms. The van der Waals surface area contributed by atoms with Crippen LogP contribution in [0.4, 0.5) is 0 Å². The summed E-state index contributed by atoms with van der Waals surface area (Å²) in [6.07, 6.45) is 3.70. The summed E-state index contributed by atoms with van der Waals surface area (Å²) in [6.45, 7) is 3.22. The smallest absolute Gasteiger partial charge is 0.124 e. The van der Waals surface area contributed by atoms with Gasteiger partial charge in [0.25, 0.3) is 0 Å². The fourth-order valence-electron chi connectivity index (χ4n) is 1.71. The van der Waals surface area contributed by atoms with Gasteiger partial charge in [0.1, 0.15) is 18.2 Å². The molecule has 0 bridgehead atoms. The molecule has 1 heterocycles. The van der Waals surface area contributed by atoms with Crippen LogP contribution in [0.1, 0.15) is 11.4 Å². The largest absolute Gasteiger partial charge is 0.491 e. The van der Waals surface area contributed by atoms with Crippen LogP contribution in [0.3, 0.4) is 0 Å². The Hall–Kier alpha value is -1.33. The van der Waals surface area contributed by atoms with Crippen molar-refractivity contribution < 1.29 is 9.84 Å². The number of benzene rings is 1. The number of hydrogen-bond acceptors (Lipinski definition) is 3. The van der Waals surface area contributed by atoms with E-state index in [-0.39, 0.29) is 6.61 Å². The Kier molecular flexibility index (Phi) is 4.38. The monoisotopic (exact) mass is 310 g/mol. The van der Waals surface area contributed by atoms with Gasteiger partial charge in [-0.25, -0.2) is 4.98 Å². The highest BCUT2D eigenvalue weighted by molar-refractivity contribution is 9.10. The molecular formula is C13H15BrN2O2. The maximum atomic E-state index is 9.25. The minimum absolute atomic E-state index is 0.0289. The maximum absolute atomic E-state index is 9.25. The minimum Gasteiger partial charge on any atom is -0.491 e. The van der Waals surface area contributed by atoms with Gasteiger partial charge in [-0.15, -0.1) is 0 Å². The molecule has 0 radical (unpaired) electrons. The molecule has 0 saturated carbocycles.